The fourth-order valence-corrected chi connectivity index (χ4v) is 4.05. The van der Waals surface area contributed by atoms with Gasteiger partial charge in [0, 0.05) is 39.3 Å². The van der Waals surface area contributed by atoms with E-state index in [4.69, 9.17) is 9.47 Å². The summed E-state index contributed by atoms with van der Waals surface area (Å²) in [6, 6.07) is 7.71. The van der Waals surface area contributed by atoms with Gasteiger partial charge in [0.1, 0.15) is 17.4 Å². The number of amides is 2. The smallest absolute Gasteiger partial charge is 0.410 e. The van der Waals surface area contributed by atoms with Crippen molar-refractivity contribution < 1.29 is 19.1 Å². The number of hydrogen-bond acceptors (Lipinski definition) is 5. The minimum Gasteiger partial charge on any atom is -0.497 e. The highest BCUT2D eigenvalue weighted by Crippen LogP contribution is 2.23. The van der Waals surface area contributed by atoms with Crippen molar-refractivity contribution >= 4 is 12.0 Å². The number of hydrogen-bond donors (Lipinski definition) is 0. The molecule has 2 saturated heterocycles. The molecule has 1 aromatic carbocycles. The van der Waals surface area contributed by atoms with E-state index in [9.17, 15) is 9.59 Å². The summed E-state index contributed by atoms with van der Waals surface area (Å²) in [5.74, 6) is 0.917. The molecule has 0 bridgehead atoms. The third-order valence-corrected chi connectivity index (χ3v) is 5.67. The molecule has 0 spiro atoms. The van der Waals surface area contributed by atoms with Crippen molar-refractivity contribution in [2.75, 3.05) is 39.8 Å². The van der Waals surface area contributed by atoms with Gasteiger partial charge in [0.25, 0.3) is 0 Å². The Labute approximate surface area is 179 Å². The molecule has 1 aromatic rings. The van der Waals surface area contributed by atoms with Crippen LogP contribution in [0, 0.1) is 0 Å². The number of methoxy groups -OCH3 is 1. The quantitative estimate of drug-likeness (QED) is 0.753. The van der Waals surface area contributed by atoms with Crippen molar-refractivity contribution in [3.63, 3.8) is 0 Å². The molecular formula is C23H35N3O4. The van der Waals surface area contributed by atoms with Crippen LogP contribution in [0.5, 0.6) is 5.75 Å². The zero-order valence-electron chi connectivity index (χ0n) is 18.7. The molecule has 2 aliphatic rings. The van der Waals surface area contributed by atoms with Crippen LogP contribution < -0.4 is 4.74 Å². The van der Waals surface area contributed by atoms with E-state index in [0.717, 1.165) is 38.2 Å². The molecule has 0 aromatic heterocycles. The largest absolute Gasteiger partial charge is 0.497 e. The molecule has 1 atom stereocenters. The lowest BCUT2D eigenvalue weighted by Gasteiger charge is -2.41. The summed E-state index contributed by atoms with van der Waals surface area (Å²) < 4.78 is 10.8. The van der Waals surface area contributed by atoms with Crippen LogP contribution in [0.3, 0.4) is 0 Å². The maximum atomic E-state index is 13.2. The lowest BCUT2D eigenvalue weighted by atomic mass is 10.0. The summed E-state index contributed by atoms with van der Waals surface area (Å²) in [6.45, 7) is 10.0. The summed E-state index contributed by atoms with van der Waals surface area (Å²) in [7, 11) is 1.67. The van der Waals surface area contributed by atoms with Crippen molar-refractivity contribution in [3.05, 3.63) is 29.8 Å². The van der Waals surface area contributed by atoms with Crippen molar-refractivity contribution in [3.8, 4) is 5.75 Å². The zero-order valence-corrected chi connectivity index (χ0v) is 18.7. The van der Waals surface area contributed by atoms with Gasteiger partial charge in [-0.1, -0.05) is 12.1 Å². The number of carbonyl (C=O) groups excluding carboxylic acids is 2. The lowest BCUT2D eigenvalue weighted by molar-refractivity contribution is -0.140. The van der Waals surface area contributed by atoms with E-state index in [1.807, 2.05) is 37.8 Å². The number of benzene rings is 1. The Balaban J connectivity index is 1.54. The summed E-state index contributed by atoms with van der Waals surface area (Å²) in [5.41, 5.74) is 0.675. The van der Waals surface area contributed by atoms with Crippen LogP contribution in [0.25, 0.3) is 0 Å². The van der Waals surface area contributed by atoms with E-state index in [1.54, 1.807) is 12.0 Å². The molecular weight excluding hydrogens is 382 g/mol. The molecule has 3 rings (SSSR count). The molecule has 7 heteroatoms. The number of nitrogens with zero attached hydrogens (tertiary/aromatic N) is 3. The number of rotatable bonds is 4. The van der Waals surface area contributed by atoms with Crippen LogP contribution in [0.15, 0.2) is 24.3 Å². The lowest BCUT2D eigenvalue weighted by Crippen LogP contribution is -2.57. The second-order valence-electron chi connectivity index (χ2n) is 9.13. The second-order valence-corrected chi connectivity index (χ2v) is 9.13. The van der Waals surface area contributed by atoms with Crippen molar-refractivity contribution in [1.29, 1.82) is 0 Å². The average molecular weight is 418 g/mol. The van der Waals surface area contributed by atoms with Gasteiger partial charge in [-0.25, -0.2) is 4.79 Å². The molecule has 0 saturated carbocycles. The van der Waals surface area contributed by atoms with Gasteiger partial charge in [0.05, 0.1) is 7.11 Å². The maximum absolute atomic E-state index is 13.2. The van der Waals surface area contributed by atoms with Gasteiger partial charge in [-0.15, -0.1) is 0 Å². The van der Waals surface area contributed by atoms with Crippen molar-refractivity contribution in [2.45, 2.75) is 58.2 Å². The fourth-order valence-electron chi connectivity index (χ4n) is 4.05. The minimum atomic E-state index is -0.560. The maximum Gasteiger partial charge on any atom is 0.410 e. The van der Waals surface area contributed by atoms with Crippen LogP contribution in [0.2, 0.25) is 0 Å². The van der Waals surface area contributed by atoms with E-state index in [1.165, 1.54) is 5.56 Å². The predicted octanol–water partition coefficient (Wildman–Crippen LogP) is 3.13. The first-order valence-electron chi connectivity index (χ1n) is 10.9. The number of piperidine rings is 1. The SMILES string of the molecule is COc1ccc(CN2CCN(C(=O)[C@@H]3CCCCN3C(=O)OC(C)(C)C)CC2)cc1. The molecule has 166 valence electrons. The van der Waals surface area contributed by atoms with Crippen LogP contribution in [0.1, 0.15) is 45.6 Å². The van der Waals surface area contributed by atoms with Gasteiger partial charge >= 0.3 is 6.09 Å². The Bertz CT molecular complexity index is 721. The predicted molar refractivity (Wildman–Crippen MR) is 115 cm³/mol. The van der Waals surface area contributed by atoms with E-state index in [2.05, 4.69) is 17.0 Å². The highest BCUT2D eigenvalue weighted by molar-refractivity contribution is 5.86. The van der Waals surface area contributed by atoms with Crippen molar-refractivity contribution in [2.24, 2.45) is 0 Å². The molecule has 30 heavy (non-hydrogen) atoms. The average Bonchev–Trinajstić information content (AvgIpc) is 2.73. The zero-order chi connectivity index (χ0) is 21.7. The van der Waals surface area contributed by atoms with Gasteiger partial charge in [-0.3, -0.25) is 14.6 Å². The van der Waals surface area contributed by atoms with Crippen LogP contribution in [0.4, 0.5) is 4.79 Å². The standard InChI is InChI=1S/C23H35N3O4/c1-23(2,3)30-22(28)26-12-6-5-7-20(26)21(27)25-15-13-24(14-16-25)17-18-8-10-19(29-4)11-9-18/h8-11,20H,5-7,12-17H2,1-4H3/t20-/m0/s1. The third-order valence-electron chi connectivity index (χ3n) is 5.67. The number of carbonyl (C=O) groups is 2. The molecule has 0 unspecified atom stereocenters. The Kier molecular flexibility index (Phi) is 7.23. The van der Waals surface area contributed by atoms with E-state index in [0.29, 0.717) is 26.1 Å². The molecule has 0 radical (unpaired) electrons. The van der Waals surface area contributed by atoms with Crippen molar-refractivity contribution in [1.82, 2.24) is 14.7 Å². The van der Waals surface area contributed by atoms with E-state index in [-0.39, 0.29) is 12.0 Å². The topological polar surface area (TPSA) is 62.3 Å². The van der Waals surface area contributed by atoms with E-state index < -0.39 is 11.6 Å². The van der Waals surface area contributed by atoms with Gasteiger partial charge in [-0.2, -0.15) is 0 Å². The molecule has 0 aliphatic carbocycles. The third kappa shape index (κ3) is 5.88. The van der Waals surface area contributed by atoms with Crippen LogP contribution in [-0.2, 0) is 16.1 Å². The first-order chi connectivity index (χ1) is 14.3. The van der Waals surface area contributed by atoms with Crippen LogP contribution >= 0.6 is 0 Å². The van der Waals surface area contributed by atoms with Crippen LogP contribution in [-0.4, -0.2) is 78.2 Å². The highest BCUT2D eigenvalue weighted by atomic mass is 16.6. The summed E-state index contributed by atoms with van der Waals surface area (Å²) in [5, 5.41) is 0. The van der Waals surface area contributed by atoms with E-state index >= 15 is 0 Å². The molecule has 2 aliphatic heterocycles. The van der Waals surface area contributed by atoms with Gasteiger partial charge < -0.3 is 14.4 Å². The number of ether oxygens (including phenoxy) is 2. The Morgan fingerprint density at radius 2 is 1.67 bits per heavy atom. The highest BCUT2D eigenvalue weighted by Gasteiger charge is 2.37. The summed E-state index contributed by atoms with van der Waals surface area (Å²) in [4.78, 5) is 31.8. The Morgan fingerprint density at radius 3 is 2.27 bits per heavy atom. The number of piperazine rings is 1. The first kappa shape index (κ1) is 22.4. The minimum absolute atomic E-state index is 0.0599. The van der Waals surface area contributed by atoms with Gasteiger partial charge in [0.2, 0.25) is 5.91 Å². The fraction of sp³-hybridized carbons (Fsp3) is 0.652. The van der Waals surface area contributed by atoms with Gasteiger partial charge in [0.15, 0.2) is 0 Å². The molecule has 2 fully saturated rings. The normalized spacial score (nSPS) is 20.7. The first-order valence-corrected chi connectivity index (χ1v) is 10.9. The Hall–Kier alpha value is -2.28. The number of likely N-dealkylation sites (tertiary alicyclic amines) is 1. The molecule has 7 nitrogen and oxygen atoms in total. The Morgan fingerprint density at radius 1 is 1.00 bits per heavy atom. The van der Waals surface area contributed by atoms with Gasteiger partial charge in [-0.05, 0) is 57.7 Å². The summed E-state index contributed by atoms with van der Waals surface area (Å²) in [6.07, 6.45) is 2.22. The summed E-state index contributed by atoms with van der Waals surface area (Å²) >= 11 is 0. The molecule has 0 N–H and O–H groups in total. The molecule has 2 heterocycles. The second kappa shape index (κ2) is 9.69. The molecule has 2 amide bonds. The monoisotopic (exact) mass is 417 g/mol.